The van der Waals surface area contributed by atoms with Gasteiger partial charge in [0, 0.05) is 16.1 Å². The number of nitrogens with one attached hydrogen (secondary N) is 1. The van der Waals surface area contributed by atoms with Crippen LogP contribution in [0, 0.1) is 0 Å². The Morgan fingerprint density at radius 2 is 1.43 bits per heavy atom. The normalized spacial score (nSPS) is 13.0. The maximum Gasteiger partial charge on any atom is 0.414 e. The van der Waals surface area contributed by atoms with Gasteiger partial charge in [-0.05, 0) is 118 Å². The number of rotatable bonds is 11. The van der Waals surface area contributed by atoms with Gasteiger partial charge < -0.3 is 29.7 Å². The molecule has 0 saturated carbocycles. The summed E-state index contributed by atoms with van der Waals surface area (Å²) in [5, 5.41) is 18.8. The molecular weight excluding hydrogens is 620 g/mol. The summed E-state index contributed by atoms with van der Waals surface area (Å²) in [6.45, 7) is 10.4. The van der Waals surface area contributed by atoms with Crippen molar-refractivity contribution >= 4 is 39.5 Å². The molecule has 1 aliphatic rings. The van der Waals surface area contributed by atoms with Gasteiger partial charge in [0.05, 0.1) is 6.54 Å². The average molecular weight is 663 g/mol. The highest BCUT2D eigenvalue weighted by atomic mass is 32.1. The van der Waals surface area contributed by atoms with Gasteiger partial charge in [-0.1, -0.05) is 30.3 Å². The van der Waals surface area contributed by atoms with Crippen LogP contribution in [0.4, 0.5) is 4.79 Å². The van der Waals surface area contributed by atoms with Crippen molar-refractivity contribution in [3.05, 3.63) is 83.9 Å². The standard InChI is InChI=1S/C34H40N2O4S.C2H2O4/c1-34(2,3)40-33(37)35-18-22-38-28-16-12-26(13-17-28)32-30(29-8-4-5-9-31(29)41-32)24-25-10-14-27(15-11-25)39-23-21-36-19-6-7-20-36;3-1(4)2(5)6/h4-5,8-17H,6-7,18-24H2,1-3H3,(H,35,37);(H,3,4)(H,5,6). The second kappa shape index (κ2) is 16.8. The van der Waals surface area contributed by atoms with E-state index in [-0.39, 0.29) is 0 Å². The van der Waals surface area contributed by atoms with Gasteiger partial charge in [-0.2, -0.15) is 0 Å². The molecule has 10 nitrogen and oxygen atoms in total. The zero-order valence-corrected chi connectivity index (χ0v) is 27.8. The lowest BCUT2D eigenvalue weighted by molar-refractivity contribution is -0.159. The van der Waals surface area contributed by atoms with E-state index in [1.165, 1.54) is 57.6 Å². The number of carbonyl (C=O) groups is 3. The summed E-state index contributed by atoms with van der Waals surface area (Å²) < 4.78 is 18.4. The maximum atomic E-state index is 11.8. The Kier molecular flexibility index (Phi) is 12.6. The van der Waals surface area contributed by atoms with Gasteiger partial charge in [-0.3, -0.25) is 4.90 Å². The minimum absolute atomic E-state index is 0.366. The maximum absolute atomic E-state index is 11.8. The number of likely N-dealkylation sites (tertiary alicyclic amines) is 1. The van der Waals surface area contributed by atoms with Crippen LogP contribution < -0.4 is 14.8 Å². The molecule has 250 valence electrons. The summed E-state index contributed by atoms with van der Waals surface area (Å²) in [5.41, 5.74) is 3.25. The highest BCUT2D eigenvalue weighted by Gasteiger charge is 2.17. The summed E-state index contributed by atoms with van der Waals surface area (Å²) in [4.78, 5) is 33.8. The van der Waals surface area contributed by atoms with E-state index < -0.39 is 23.6 Å². The molecule has 3 aromatic carbocycles. The molecule has 1 saturated heterocycles. The Labute approximate surface area is 278 Å². The Morgan fingerprint density at radius 1 is 0.830 bits per heavy atom. The molecule has 0 spiro atoms. The fraction of sp³-hybridized carbons (Fsp3) is 0.361. The molecule has 3 N–H and O–H groups in total. The first-order chi connectivity index (χ1) is 22.5. The summed E-state index contributed by atoms with van der Waals surface area (Å²) in [6.07, 6.45) is 3.03. The quantitative estimate of drug-likeness (QED) is 0.119. The summed E-state index contributed by atoms with van der Waals surface area (Å²) in [7, 11) is 0. The Balaban J connectivity index is 0.000000762. The van der Waals surface area contributed by atoms with Crippen LogP contribution in [0.1, 0.15) is 44.7 Å². The minimum Gasteiger partial charge on any atom is -0.492 e. The SMILES string of the molecule is CC(C)(C)OC(=O)NCCOc1ccc(-c2sc3ccccc3c2Cc2ccc(OCCN3CCCC3)cc2)cc1.O=C(O)C(=O)O. The number of thiophene rings is 1. The van der Waals surface area contributed by atoms with E-state index in [1.54, 1.807) is 0 Å². The first-order valence-corrected chi connectivity index (χ1v) is 16.4. The smallest absolute Gasteiger partial charge is 0.414 e. The molecule has 0 aliphatic carbocycles. The molecule has 5 rings (SSSR count). The second-order valence-electron chi connectivity index (χ2n) is 12.0. The number of alkyl carbamates (subject to hydrolysis) is 1. The van der Waals surface area contributed by atoms with Gasteiger partial charge in [0.15, 0.2) is 0 Å². The van der Waals surface area contributed by atoms with Crippen molar-refractivity contribution in [3.63, 3.8) is 0 Å². The van der Waals surface area contributed by atoms with Crippen LogP contribution in [0.5, 0.6) is 11.5 Å². The lowest BCUT2D eigenvalue weighted by Gasteiger charge is -2.19. The molecule has 0 bridgehead atoms. The van der Waals surface area contributed by atoms with Crippen LogP contribution in [-0.2, 0) is 20.7 Å². The van der Waals surface area contributed by atoms with E-state index in [0.29, 0.717) is 13.2 Å². The first-order valence-electron chi connectivity index (χ1n) is 15.6. The van der Waals surface area contributed by atoms with Crippen LogP contribution >= 0.6 is 11.3 Å². The van der Waals surface area contributed by atoms with Gasteiger partial charge in [0.1, 0.15) is 30.3 Å². The molecule has 0 unspecified atom stereocenters. The fourth-order valence-electron chi connectivity index (χ4n) is 5.05. The molecule has 4 aromatic rings. The number of carboxylic acids is 2. The number of aliphatic carboxylic acids is 2. The number of hydrogen-bond acceptors (Lipinski definition) is 8. The second-order valence-corrected chi connectivity index (χ2v) is 13.1. The van der Waals surface area contributed by atoms with Gasteiger partial charge >= 0.3 is 18.0 Å². The highest BCUT2D eigenvalue weighted by Crippen LogP contribution is 2.40. The predicted octanol–water partition coefficient (Wildman–Crippen LogP) is 6.69. The van der Waals surface area contributed by atoms with Gasteiger partial charge in [0.25, 0.3) is 0 Å². The number of carboxylic acid groups (broad SMARTS) is 2. The van der Waals surface area contributed by atoms with Crippen molar-refractivity contribution < 1.29 is 38.8 Å². The van der Waals surface area contributed by atoms with Crippen molar-refractivity contribution in [1.29, 1.82) is 0 Å². The number of amides is 1. The molecule has 11 heteroatoms. The number of benzene rings is 3. The van der Waals surface area contributed by atoms with E-state index in [2.05, 4.69) is 70.9 Å². The van der Waals surface area contributed by atoms with Crippen LogP contribution in [0.3, 0.4) is 0 Å². The topological polar surface area (TPSA) is 135 Å². The predicted molar refractivity (Wildman–Crippen MR) is 183 cm³/mol. The van der Waals surface area contributed by atoms with Crippen molar-refractivity contribution in [2.75, 3.05) is 39.4 Å². The Hall–Kier alpha value is -4.61. The van der Waals surface area contributed by atoms with Crippen molar-refractivity contribution in [2.45, 2.75) is 45.6 Å². The lowest BCUT2D eigenvalue weighted by Crippen LogP contribution is -2.34. The molecule has 1 amide bonds. The molecule has 2 heterocycles. The van der Waals surface area contributed by atoms with E-state index in [0.717, 1.165) is 31.1 Å². The van der Waals surface area contributed by atoms with Crippen LogP contribution in [0.25, 0.3) is 20.5 Å². The monoisotopic (exact) mass is 662 g/mol. The third-order valence-corrected chi connectivity index (χ3v) is 8.48. The molecule has 0 atom stereocenters. The summed E-state index contributed by atoms with van der Waals surface area (Å²) in [6, 6.07) is 25.4. The lowest BCUT2D eigenvalue weighted by atomic mass is 9.99. The Bertz CT molecular complexity index is 1610. The minimum atomic E-state index is -1.82. The average Bonchev–Trinajstić information content (AvgIpc) is 3.68. The van der Waals surface area contributed by atoms with Crippen LogP contribution in [0.15, 0.2) is 72.8 Å². The molecule has 1 fully saturated rings. The number of hydrogen-bond donors (Lipinski definition) is 3. The van der Waals surface area contributed by atoms with Crippen LogP contribution in [-0.4, -0.2) is 78.1 Å². The van der Waals surface area contributed by atoms with Gasteiger partial charge in [0.2, 0.25) is 0 Å². The van der Waals surface area contributed by atoms with Gasteiger partial charge in [-0.25, -0.2) is 14.4 Å². The van der Waals surface area contributed by atoms with Gasteiger partial charge in [-0.15, -0.1) is 11.3 Å². The Morgan fingerprint density at radius 3 is 2.04 bits per heavy atom. The number of fused-ring (bicyclic) bond motifs is 1. The summed E-state index contributed by atoms with van der Waals surface area (Å²) >= 11 is 1.83. The largest absolute Gasteiger partial charge is 0.492 e. The van der Waals surface area contributed by atoms with E-state index in [4.69, 9.17) is 34.0 Å². The summed E-state index contributed by atoms with van der Waals surface area (Å²) in [5.74, 6) is -1.95. The number of nitrogens with zero attached hydrogens (tertiary/aromatic N) is 1. The van der Waals surface area contributed by atoms with Crippen molar-refractivity contribution in [2.24, 2.45) is 0 Å². The van der Waals surface area contributed by atoms with Crippen molar-refractivity contribution in [3.8, 4) is 21.9 Å². The molecule has 0 radical (unpaired) electrons. The molecule has 1 aromatic heterocycles. The van der Waals surface area contributed by atoms with E-state index in [9.17, 15) is 4.79 Å². The van der Waals surface area contributed by atoms with Crippen LogP contribution in [0.2, 0.25) is 0 Å². The molecular formula is C36H42N2O8S. The zero-order chi connectivity index (χ0) is 33.8. The number of ether oxygens (including phenoxy) is 3. The molecule has 47 heavy (non-hydrogen) atoms. The van der Waals surface area contributed by atoms with E-state index in [1.807, 2.05) is 44.2 Å². The third-order valence-electron chi connectivity index (χ3n) is 7.22. The van der Waals surface area contributed by atoms with E-state index >= 15 is 0 Å². The molecule has 1 aliphatic heterocycles. The fourth-order valence-corrected chi connectivity index (χ4v) is 6.28. The first kappa shape index (κ1) is 35.2. The third kappa shape index (κ3) is 11.3. The van der Waals surface area contributed by atoms with Crippen molar-refractivity contribution in [1.82, 2.24) is 10.2 Å². The zero-order valence-electron chi connectivity index (χ0n) is 27.0. The number of carbonyl (C=O) groups excluding carboxylic acids is 1. The highest BCUT2D eigenvalue weighted by molar-refractivity contribution is 7.22.